The summed E-state index contributed by atoms with van der Waals surface area (Å²) in [6, 6.07) is 6.51. The van der Waals surface area contributed by atoms with Gasteiger partial charge in [0.05, 0.1) is 23.8 Å². The molecule has 1 aliphatic rings. The summed E-state index contributed by atoms with van der Waals surface area (Å²) in [5, 5.41) is 25.8. The van der Waals surface area contributed by atoms with E-state index in [4.69, 9.17) is 16.3 Å². The van der Waals surface area contributed by atoms with Crippen LogP contribution in [0.25, 0.3) is 6.08 Å². The number of nitro benzene ring substituents is 1. The molecule has 3 rings (SSSR count). The Bertz CT molecular complexity index is 1080. The first kappa shape index (κ1) is 19.8. The lowest BCUT2D eigenvalue weighted by Gasteiger charge is -2.26. The van der Waals surface area contributed by atoms with Crippen molar-refractivity contribution >= 4 is 46.9 Å². The van der Waals surface area contributed by atoms with E-state index in [1.807, 2.05) is 5.32 Å². The summed E-state index contributed by atoms with van der Waals surface area (Å²) < 4.78 is 4.83. The third-order valence-corrected chi connectivity index (χ3v) is 4.24. The number of anilines is 1. The summed E-state index contributed by atoms with van der Waals surface area (Å²) in [7, 11) is 1.15. The number of imide groups is 2. The Morgan fingerprint density at radius 2 is 1.83 bits per heavy atom. The highest BCUT2D eigenvalue weighted by atomic mass is 35.5. The van der Waals surface area contributed by atoms with E-state index in [-0.39, 0.29) is 17.0 Å². The minimum Gasteiger partial charge on any atom is -0.870 e. The number of methoxy groups -OCH3 is 1. The van der Waals surface area contributed by atoms with Crippen molar-refractivity contribution in [1.82, 2.24) is 5.32 Å². The molecule has 0 aliphatic carbocycles. The van der Waals surface area contributed by atoms with Crippen LogP contribution < -0.4 is 20.1 Å². The highest BCUT2D eigenvalue weighted by Crippen LogP contribution is 2.34. The molecule has 0 atom stereocenters. The smallest absolute Gasteiger partial charge is 0.335 e. The number of carbonyl (C=O) groups excluding carboxylic acids is 3. The predicted molar refractivity (Wildman–Crippen MR) is 99.5 cm³/mol. The molecule has 10 nitrogen and oxygen atoms in total. The first-order valence-electron chi connectivity index (χ1n) is 7.93. The molecular weight excluding hydrogens is 406 g/mol. The summed E-state index contributed by atoms with van der Waals surface area (Å²) in [5.41, 5.74) is -1.21. The van der Waals surface area contributed by atoms with Gasteiger partial charge in [-0.05, 0) is 35.9 Å². The van der Waals surface area contributed by atoms with Crippen LogP contribution in [0.3, 0.4) is 0 Å². The average Bonchev–Trinajstić information content (AvgIpc) is 2.67. The fraction of sp³-hybridized carbons (Fsp3) is 0.0556. The SMILES string of the molecule is COc1cc([N+](=O)[O-])cc(/C=C2\C(=O)NC(=O)N(c3ccc(Cl)cc3)C2=O)c1[O-]. The van der Waals surface area contributed by atoms with Crippen molar-refractivity contribution in [3.63, 3.8) is 0 Å². The number of non-ortho nitro benzene ring substituents is 1. The van der Waals surface area contributed by atoms with Gasteiger partial charge in [-0.2, -0.15) is 0 Å². The average molecular weight is 417 g/mol. The van der Waals surface area contributed by atoms with E-state index in [1.165, 1.54) is 24.3 Å². The van der Waals surface area contributed by atoms with Gasteiger partial charge in [-0.3, -0.25) is 25.0 Å². The Morgan fingerprint density at radius 1 is 1.17 bits per heavy atom. The molecule has 29 heavy (non-hydrogen) atoms. The minimum absolute atomic E-state index is 0.134. The zero-order valence-corrected chi connectivity index (χ0v) is 15.4. The summed E-state index contributed by atoms with van der Waals surface area (Å²) in [6.45, 7) is 0. The van der Waals surface area contributed by atoms with Crippen molar-refractivity contribution in [1.29, 1.82) is 0 Å². The van der Waals surface area contributed by atoms with Crippen LogP contribution >= 0.6 is 11.6 Å². The molecule has 2 aromatic carbocycles. The van der Waals surface area contributed by atoms with Gasteiger partial charge in [0, 0.05) is 11.1 Å². The van der Waals surface area contributed by atoms with Crippen molar-refractivity contribution in [2.24, 2.45) is 0 Å². The van der Waals surface area contributed by atoms with Crippen LogP contribution in [-0.4, -0.2) is 29.9 Å². The molecule has 1 saturated heterocycles. The Balaban J connectivity index is 2.11. The van der Waals surface area contributed by atoms with Crippen LogP contribution in [0.2, 0.25) is 5.02 Å². The topological polar surface area (TPSA) is 142 Å². The van der Waals surface area contributed by atoms with Gasteiger partial charge in [-0.15, -0.1) is 0 Å². The zero-order valence-electron chi connectivity index (χ0n) is 14.7. The van der Waals surface area contributed by atoms with E-state index < -0.39 is 39.8 Å². The van der Waals surface area contributed by atoms with Crippen molar-refractivity contribution in [3.05, 3.63) is 62.7 Å². The Kier molecular flexibility index (Phi) is 5.20. The number of nitrogens with zero attached hydrogens (tertiary/aromatic N) is 2. The molecular formula is C18H11ClN3O7-. The number of ether oxygens (including phenoxy) is 1. The first-order valence-corrected chi connectivity index (χ1v) is 8.31. The van der Waals surface area contributed by atoms with Crippen LogP contribution in [0.5, 0.6) is 11.5 Å². The number of carbonyl (C=O) groups is 3. The third-order valence-electron chi connectivity index (χ3n) is 3.99. The number of benzene rings is 2. The van der Waals surface area contributed by atoms with Gasteiger partial charge in [-0.25, -0.2) is 9.69 Å². The van der Waals surface area contributed by atoms with E-state index in [2.05, 4.69) is 0 Å². The predicted octanol–water partition coefficient (Wildman–Crippen LogP) is 2.00. The maximum absolute atomic E-state index is 12.8. The van der Waals surface area contributed by atoms with Gasteiger partial charge in [0.2, 0.25) is 0 Å². The van der Waals surface area contributed by atoms with Gasteiger partial charge >= 0.3 is 6.03 Å². The van der Waals surface area contributed by atoms with E-state index in [0.29, 0.717) is 9.92 Å². The van der Waals surface area contributed by atoms with Crippen LogP contribution in [0.15, 0.2) is 42.0 Å². The van der Waals surface area contributed by atoms with Crippen LogP contribution in [-0.2, 0) is 9.59 Å². The number of barbiturate groups is 1. The van der Waals surface area contributed by atoms with E-state index in [9.17, 15) is 29.6 Å². The number of rotatable bonds is 4. The molecule has 2 aromatic rings. The van der Waals surface area contributed by atoms with Crippen molar-refractivity contribution < 1.29 is 29.2 Å². The van der Waals surface area contributed by atoms with Crippen LogP contribution in [0.1, 0.15) is 5.56 Å². The third kappa shape index (κ3) is 3.73. The van der Waals surface area contributed by atoms with E-state index >= 15 is 0 Å². The van der Waals surface area contributed by atoms with Crippen LogP contribution in [0, 0.1) is 10.1 Å². The summed E-state index contributed by atoms with van der Waals surface area (Å²) in [4.78, 5) is 48.2. The number of hydrogen-bond donors (Lipinski definition) is 1. The quantitative estimate of drug-likeness (QED) is 0.347. The second-order valence-corrected chi connectivity index (χ2v) is 6.19. The zero-order chi connectivity index (χ0) is 21.3. The maximum atomic E-state index is 12.8. The molecule has 0 bridgehead atoms. The second kappa shape index (κ2) is 7.60. The number of hydrogen-bond acceptors (Lipinski definition) is 7. The normalized spacial score (nSPS) is 15.4. The second-order valence-electron chi connectivity index (χ2n) is 5.76. The Morgan fingerprint density at radius 3 is 2.41 bits per heavy atom. The largest absolute Gasteiger partial charge is 0.870 e. The molecule has 0 saturated carbocycles. The molecule has 1 fully saturated rings. The summed E-state index contributed by atoms with van der Waals surface area (Å²) in [6.07, 6.45) is 0.880. The summed E-state index contributed by atoms with van der Waals surface area (Å²) >= 11 is 5.80. The maximum Gasteiger partial charge on any atom is 0.335 e. The van der Waals surface area contributed by atoms with Gasteiger partial charge in [-0.1, -0.05) is 17.4 Å². The summed E-state index contributed by atoms with van der Waals surface area (Å²) in [5.74, 6) is -3.15. The number of urea groups is 1. The van der Waals surface area contributed by atoms with Gasteiger partial charge < -0.3 is 9.84 Å². The first-order chi connectivity index (χ1) is 13.7. The number of halogens is 1. The molecule has 0 aromatic heterocycles. The molecule has 1 N–H and O–H groups in total. The molecule has 0 radical (unpaired) electrons. The van der Waals surface area contributed by atoms with Gasteiger partial charge in [0.25, 0.3) is 17.5 Å². The molecule has 0 spiro atoms. The fourth-order valence-corrected chi connectivity index (χ4v) is 2.74. The highest BCUT2D eigenvalue weighted by Gasteiger charge is 2.37. The van der Waals surface area contributed by atoms with Crippen molar-refractivity contribution in [2.75, 3.05) is 12.0 Å². The number of nitrogens with one attached hydrogen (secondary N) is 1. The molecule has 148 valence electrons. The number of nitro groups is 1. The standard InChI is InChI=1S/C18H12ClN3O7/c1-29-14-8-12(22(27)28)6-9(15(14)23)7-13-16(24)20-18(26)21(17(13)25)11-4-2-10(19)3-5-11/h2-8,23H,1H3,(H,20,24,26)/p-1/b13-7+. The molecule has 1 aliphatic heterocycles. The van der Waals surface area contributed by atoms with E-state index in [0.717, 1.165) is 25.3 Å². The molecule has 11 heteroatoms. The lowest BCUT2D eigenvalue weighted by molar-refractivity contribution is -0.385. The fourth-order valence-electron chi connectivity index (χ4n) is 2.61. The Hall–Kier alpha value is -3.92. The highest BCUT2D eigenvalue weighted by molar-refractivity contribution is 6.39. The van der Waals surface area contributed by atoms with Crippen molar-refractivity contribution in [3.8, 4) is 11.5 Å². The molecule has 0 unspecified atom stereocenters. The molecule has 1 heterocycles. The van der Waals surface area contributed by atoms with Crippen LogP contribution in [0.4, 0.5) is 16.2 Å². The Labute approximate surface area is 168 Å². The monoisotopic (exact) mass is 416 g/mol. The lowest BCUT2D eigenvalue weighted by Crippen LogP contribution is -2.54. The van der Waals surface area contributed by atoms with Gasteiger partial charge in [0.1, 0.15) is 11.3 Å². The lowest BCUT2D eigenvalue weighted by atomic mass is 10.0. The van der Waals surface area contributed by atoms with Crippen molar-refractivity contribution in [2.45, 2.75) is 0 Å². The molecule has 4 amide bonds. The number of amides is 4. The van der Waals surface area contributed by atoms with E-state index in [1.54, 1.807) is 0 Å². The van der Waals surface area contributed by atoms with Gasteiger partial charge in [0.15, 0.2) is 0 Å². The minimum atomic E-state index is -1.05.